The van der Waals surface area contributed by atoms with Crippen molar-refractivity contribution in [3.8, 4) is 0 Å². The Balaban J connectivity index is 2.27. The van der Waals surface area contributed by atoms with Gasteiger partial charge in [-0.15, -0.1) is 0 Å². The Labute approximate surface area is 104 Å². The molecule has 2 aromatic rings. The van der Waals surface area contributed by atoms with Gasteiger partial charge >= 0.3 is 0 Å². The van der Waals surface area contributed by atoms with Crippen molar-refractivity contribution >= 4 is 27.4 Å². The molecule has 0 fully saturated rings. The maximum atomic E-state index is 11.9. The zero-order valence-electron chi connectivity index (χ0n) is 8.54. The average molecular weight is 270 g/mol. The van der Waals surface area contributed by atoms with E-state index in [1.54, 1.807) is 12.1 Å². The van der Waals surface area contributed by atoms with Gasteiger partial charge in [0.05, 0.1) is 5.02 Å². The molecule has 0 saturated carbocycles. The summed E-state index contributed by atoms with van der Waals surface area (Å²) in [5.74, 6) is 0.207. The summed E-state index contributed by atoms with van der Waals surface area (Å²) >= 11 is 5.65. The van der Waals surface area contributed by atoms with Crippen molar-refractivity contribution in [1.82, 2.24) is 9.97 Å². The molecule has 17 heavy (non-hydrogen) atoms. The monoisotopic (exact) mass is 269 g/mol. The summed E-state index contributed by atoms with van der Waals surface area (Å²) in [5, 5.41) is 0.439. The van der Waals surface area contributed by atoms with Crippen LogP contribution in [-0.4, -0.2) is 18.4 Å². The first-order valence-electron chi connectivity index (χ1n) is 4.62. The number of pyridine rings is 2. The molecule has 0 aliphatic heterocycles. The molecule has 0 aliphatic carbocycles. The van der Waals surface area contributed by atoms with Crippen LogP contribution in [0.15, 0.2) is 47.8 Å². The fourth-order valence-electron chi connectivity index (χ4n) is 1.14. The SMILES string of the molecule is O=S(=O)(Nc1ccc(Cl)cn1)c1cccnc1. The second kappa shape index (κ2) is 4.68. The second-order valence-electron chi connectivity index (χ2n) is 3.16. The number of halogens is 1. The topological polar surface area (TPSA) is 72.0 Å². The van der Waals surface area contributed by atoms with E-state index in [-0.39, 0.29) is 10.7 Å². The van der Waals surface area contributed by atoms with E-state index in [0.717, 1.165) is 0 Å². The van der Waals surface area contributed by atoms with Crippen molar-refractivity contribution < 1.29 is 8.42 Å². The summed E-state index contributed by atoms with van der Waals surface area (Å²) in [6.45, 7) is 0. The van der Waals surface area contributed by atoms with Crippen molar-refractivity contribution in [2.24, 2.45) is 0 Å². The van der Waals surface area contributed by atoms with Gasteiger partial charge in [0.1, 0.15) is 10.7 Å². The molecule has 2 heterocycles. The lowest BCUT2D eigenvalue weighted by atomic mass is 10.5. The smallest absolute Gasteiger partial charge is 0.263 e. The van der Waals surface area contributed by atoms with E-state index in [2.05, 4.69) is 14.7 Å². The minimum atomic E-state index is -3.64. The van der Waals surface area contributed by atoms with Crippen LogP contribution in [0.1, 0.15) is 0 Å². The Hall–Kier alpha value is -1.66. The summed E-state index contributed by atoms with van der Waals surface area (Å²) in [4.78, 5) is 7.67. The number of sulfonamides is 1. The zero-order valence-corrected chi connectivity index (χ0v) is 10.1. The Morgan fingerprint density at radius 3 is 2.59 bits per heavy atom. The van der Waals surface area contributed by atoms with Crippen molar-refractivity contribution in [2.75, 3.05) is 4.72 Å². The summed E-state index contributed by atoms with van der Waals surface area (Å²) in [6, 6.07) is 6.03. The first-order chi connectivity index (χ1) is 8.08. The van der Waals surface area contributed by atoms with Crippen molar-refractivity contribution in [2.45, 2.75) is 4.90 Å². The lowest BCUT2D eigenvalue weighted by Crippen LogP contribution is -2.13. The zero-order chi connectivity index (χ0) is 12.3. The Kier molecular flexibility index (Phi) is 3.26. The number of anilines is 1. The van der Waals surface area contributed by atoms with Gasteiger partial charge in [-0.05, 0) is 24.3 Å². The number of hydrogen-bond acceptors (Lipinski definition) is 4. The molecule has 0 unspecified atom stereocenters. The molecule has 0 bridgehead atoms. The molecule has 0 spiro atoms. The molecular formula is C10H8ClN3O2S. The normalized spacial score (nSPS) is 11.1. The highest BCUT2D eigenvalue weighted by molar-refractivity contribution is 7.92. The second-order valence-corrected chi connectivity index (χ2v) is 5.27. The molecule has 1 N–H and O–H groups in total. The maximum Gasteiger partial charge on any atom is 0.264 e. The van der Waals surface area contributed by atoms with E-state index in [9.17, 15) is 8.42 Å². The summed E-state index contributed by atoms with van der Waals surface area (Å²) < 4.78 is 26.0. The van der Waals surface area contributed by atoms with E-state index in [1.165, 1.54) is 30.7 Å². The van der Waals surface area contributed by atoms with Crippen LogP contribution in [0.2, 0.25) is 5.02 Å². The van der Waals surface area contributed by atoms with E-state index < -0.39 is 10.0 Å². The summed E-state index contributed by atoms with van der Waals surface area (Å²) in [6.07, 6.45) is 4.13. The first-order valence-corrected chi connectivity index (χ1v) is 6.48. The molecule has 0 amide bonds. The molecule has 0 radical (unpaired) electrons. The predicted molar refractivity (Wildman–Crippen MR) is 64.3 cm³/mol. The van der Waals surface area contributed by atoms with Crippen LogP contribution in [-0.2, 0) is 10.0 Å². The van der Waals surface area contributed by atoms with Crippen LogP contribution >= 0.6 is 11.6 Å². The molecule has 88 valence electrons. The van der Waals surface area contributed by atoms with Crippen molar-refractivity contribution in [1.29, 1.82) is 0 Å². The number of rotatable bonds is 3. The molecule has 7 heteroatoms. The first kappa shape index (κ1) is 11.8. The highest BCUT2D eigenvalue weighted by Gasteiger charge is 2.14. The van der Waals surface area contributed by atoms with Crippen LogP contribution in [0.3, 0.4) is 0 Å². The maximum absolute atomic E-state index is 11.9. The molecule has 0 atom stereocenters. The number of aromatic nitrogens is 2. The van der Waals surface area contributed by atoms with Crippen LogP contribution in [0, 0.1) is 0 Å². The van der Waals surface area contributed by atoms with Gasteiger partial charge in [0.15, 0.2) is 0 Å². The Morgan fingerprint density at radius 1 is 1.18 bits per heavy atom. The number of nitrogens with zero attached hydrogens (tertiary/aromatic N) is 2. The highest BCUT2D eigenvalue weighted by atomic mass is 35.5. The minimum absolute atomic E-state index is 0.0803. The lowest BCUT2D eigenvalue weighted by molar-refractivity contribution is 0.600. The third kappa shape index (κ3) is 2.92. The van der Waals surface area contributed by atoms with E-state index in [0.29, 0.717) is 5.02 Å². The fraction of sp³-hybridized carbons (Fsp3) is 0. The molecule has 0 aliphatic rings. The van der Waals surface area contributed by atoms with E-state index in [4.69, 9.17) is 11.6 Å². The van der Waals surface area contributed by atoms with Crippen molar-refractivity contribution in [3.05, 3.63) is 47.9 Å². The predicted octanol–water partition coefficient (Wildman–Crippen LogP) is 1.93. The lowest BCUT2D eigenvalue weighted by Gasteiger charge is -2.06. The third-order valence-electron chi connectivity index (χ3n) is 1.91. The van der Waals surface area contributed by atoms with Crippen molar-refractivity contribution in [3.63, 3.8) is 0 Å². The molecule has 0 aromatic carbocycles. The van der Waals surface area contributed by atoms with Gasteiger partial charge in [0.25, 0.3) is 10.0 Å². The fourth-order valence-corrected chi connectivity index (χ4v) is 2.22. The van der Waals surface area contributed by atoms with Crippen LogP contribution in [0.5, 0.6) is 0 Å². The van der Waals surface area contributed by atoms with Gasteiger partial charge in [-0.1, -0.05) is 11.6 Å². The van der Waals surface area contributed by atoms with Gasteiger partial charge in [0, 0.05) is 18.6 Å². The molecular weight excluding hydrogens is 262 g/mol. The van der Waals surface area contributed by atoms with Crippen LogP contribution in [0.25, 0.3) is 0 Å². The summed E-state index contributed by atoms with van der Waals surface area (Å²) in [5.41, 5.74) is 0. The number of hydrogen-bond donors (Lipinski definition) is 1. The highest BCUT2D eigenvalue weighted by Crippen LogP contribution is 2.14. The van der Waals surface area contributed by atoms with Crippen LogP contribution < -0.4 is 4.72 Å². The van der Waals surface area contributed by atoms with Gasteiger partial charge in [0.2, 0.25) is 0 Å². The molecule has 2 aromatic heterocycles. The number of nitrogens with one attached hydrogen (secondary N) is 1. The van der Waals surface area contributed by atoms with Gasteiger partial charge in [-0.25, -0.2) is 13.4 Å². The standard InChI is InChI=1S/C10H8ClN3O2S/c11-8-3-4-10(13-6-8)14-17(15,16)9-2-1-5-12-7-9/h1-7H,(H,13,14). The largest absolute Gasteiger partial charge is 0.264 e. The Morgan fingerprint density at radius 2 is 2.00 bits per heavy atom. The Bertz CT molecular complexity index is 599. The van der Waals surface area contributed by atoms with Gasteiger partial charge in [-0.3, -0.25) is 9.71 Å². The minimum Gasteiger partial charge on any atom is -0.263 e. The third-order valence-corrected chi connectivity index (χ3v) is 3.47. The quantitative estimate of drug-likeness (QED) is 0.924. The molecule has 5 nitrogen and oxygen atoms in total. The molecule has 0 saturated heterocycles. The van der Waals surface area contributed by atoms with Gasteiger partial charge in [-0.2, -0.15) is 0 Å². The summed E-state index contributed by atoms with van der Waals surface area (Å²) in [7, 11) is -3.64. The average Bonchev–Trinajstić information content (AvgIpc) is 2.33. The van der Waals surface area contributed by atoms with Gasteiger partial charge < -0.3 is 0 Å². The van der Waals surface area contributed by atoms with E-state index in [1.807, 2.05) is 0 Å². The molecule has 2 rings (SSSR count). The van der Waals surface area contributed by atoms with E-state index >= 15 is 0 Å². The van der Waals surface area contributed by atoms with Crippen LogP contribution in [0.4, 0.5) is 5.82 Å².